The van der Waals surface area contributed by atoms with Gasteiger partial charge in [0.1, 0.15) is 0 Å². The predicted octanol–water partition coefficient (Wildman–Crippen LogP) is -0.0412. The molecule has 0 unspecified atom stereocenters. The second kappa shape index (κ2) is 0.832. The van der Waals surface area contributed by atoms with Crippen LogP contribution in [0.5, 0.6) is 0 Å². The van der Waals surface area contributed by atoms with Crippen molar-refractivity contribution in [2.24, 2.45) is 0 Å². The van der Waals surface area contributed by atoms with Gasteiger partial charge in [-0.2, -0.15) is 0 Å². The van der Waals surface area contributed by atoms with Crippen LogP contribution in [-0.2, 0) is 20.3 Å². The van der Waals surface area contributed by atoms with E-state index in [4.69, 9.17) is 0 Å². The summed E-state index contributed by atoms with van der Waals surface area (Å²) in [5.74, 6) is 0. The van der Waals surface area contributed by atoms with Crippen LogP contribution in [0.2, 0.25) is 0 Å². The maximum absolute atomic E-state index is 2.28. The van der Waals surface area contributed by atoms with Crippen LogP contribution >= 0.6 is 0 Å². The van der Waals surface area contributed by atoms with E-state index in [9.17, 15) is 0 Å². The van der Waals surface area contributed by atoms with Crippen LogP contribution < -0.4 is 0 Å². The second-order valence-electron chi connectivity index (χ2n) is 1.21. The van der Waals surface area contributed by atoms with Crippen molar-refractivity contribution in [3.05, 3.63) is 12.4 Å². The monoisotopic (exact) mass is 175 g/mol. The van der Waals surface area contributed by atoms with Crippen LogP contribution in [0, 0.1) is 0 Å². The average Bonchev–Trinajstić information content (AvgIpc) is 1.72. The van der Waals surface area contributed by atoms with Crippen molar-refractivity contribution in [2.75, 3.05) is 6.67 Å². The molecule has 3 heterocycles. The van der Waals surface area contributed by atoms with Gasteiger partial charge in [-0.3, -0.25) is 0 Å². The SMILES string of the molecule is C1=C[N]2C[N]1[Ag]2. The molecular weight excluding hydrogens is 172 g/mol. The fraction of sp³-hybridized carbons (Fsp3) is 0.333. The third kappa shape index (κ3) is 0.226. The molecule has 3 heteroatoms. The van der Waals surface area contributed by atoms with Crippen molar-refractivity contribution in [1.82, 2.24) is 6.61 Å². The summed E-state index contributed by atoms with van der Waals surface area (Å²) >= 11 is 0.919. The van der Waals surface area contributed by atoms with E-state index in [1.807, 2.05) is 0 Å². The first-order valence-corrected chi connectivity index (χ1v) is 3.08. The molecule has 3 aliphatic heterocycles. The number of rotatable bonds is 0. The zero-order valence-electron chi connectivity index (χ0n) is 3.06. The third-order valence-corrected chi connectivity index (χ3v) is 2.39. The van der Waals surface area contributed by atoms with Gasteiger partial charge in [0.2, 0.25) is 0 Å². The van der Waals surface area contributed by atoms with Crippen LogP contribution in [-0.4, -0.2) is 13.3 Å². The van der Waals surface area contributed by atoms with E-state index >= 15 is 0 Å². The summed E-state index contributed by atoms with van der Waals surface area (Å²) in [6, 6.07) is 0. The number of nitrogens with zero attached hydrogens (tertiary/aromatic N) is 2. The van der Waals surface area contributed by atoms with Gasteiger partial charge in [0.15, 0.2) is 0 Å². The molecule has 3 aliphatic rings. The molecule has 2 nitrogen and oxygen atoms in total. The first-order chi connectivity index (χ1) is 2.95. The fourth-order valence-corrected chi connectivity index (χ4v) is 1.67. The van der Waals surface area contributed by atoms with Gasteiger partial charge in [0, 0.05) is 0 Å². The molecule has 1 fully saturated rings. The first-order valence-electron chi connectivity index (χ1n) is 1.75. The summed E-state index contributed by atoms with van der Waals surface area (Å²) in [5, 5.41) is 0. The van der Waals surface area contributed by atoms with E-state index in [-0.39, 0.29) is 0 Å². The molecule has 0 radical (unpaired) electrons. The zero-order valence-corrected chi connectivity index (χ0v) is 4.54. The van der Waals surface area contributed by atoms with E-state index in [0.717, 1.165) is 26.9 Å². The molecule has 2 bridgehead atoms. The van der Waals surface area contributed by atoms with E-state index in [1.54, 1.807) is 0 Å². The first kappa shape index (κ1) is 3.13. The Bertz CT molecular complexity index is 85.0. The molecule has 0 aliphatic carbocycles. The molecule has 0 amide bonds. The Morgan fingerprint density at radius 1 is 1.33 bits per heavy atom. The van der Waals surface area contributed by atoms with Gasteiger partial charge in [-0.25, -0.2) is 0 Å². The van der Waals surface area contributed by atoms with Crippen LogP contribution in [0.25, 0.3) is 0 Å². The molecule has 0 saturated carbocycles. The molecule has 37 valence electrons. The van der Waals surface area contributed by atoms with Crippen molar-refractivity contribution in [1.29, 1.82) is 0 Å². The predicted molar refractivity (Wildman–Crippen MR) is 17.7 cm³/mol. The van der Waals surface area contributed by atoms with Gasteiger partial charge in [-0.1, -0.05) is 0 Å². The zero-order chi connectivity index (χ0) is 3.98. The Morgan fingerprint density at radius 3 is 2.00 bits per heavy atom. The van der Waals surface area contributed by atoms with Gasteiger partial charge >= 0.3 is 46.0 Å². The molecule has 6 heavy (non-hydrogen) atoms. The van der Waals surface area contributed by atoms with E-state index in [1.165, 1.54) is 0 Å². The van der Waals surface area contributed by atoms with Gasteiger partial charge < -0.3 is 0 Å². The quantitative estimate of drug-likeness (QED) is 0.477. The van der Waals surface area contributed by atoms with Crippen molar-refractivity contribution < 1.29 is 20.3 Å². The molecule has 0 aromatic rings. The molecule has 0 aromatic carbocycles. The normalized spacial score (nSPS) is 26.7. The topological polar surface area (TPSA) is 6.48 Å². The molecule has 0 atom stereocenters. The van der Waals surface area contributed by atoms with Crippen molar-refractivity contribution >= 4 is 0 Å². The van der Waals surface area contributed by atoms with Crippen molar-refractivity contribution in [3.63, 3.8) is 0 Å². The number of hydrogen-bond donors (Lipinski definition) is 0. The third-order valence-electron chi connectivity index (χ3n) is 0.771. The number of hydrogen-bond acceptors (Lipinski definition) is 2. The summed E-state index contributed by atoms with van der Waals surface area (Å²) in [6.07, 6.45) is 4.25. The Balaban J connectivity index is 2.32. The summed E-state index contributed by atoms with van der Waals surface area (Å²) in [6.45, 7) is 1.15. The van der Waals surface area contributed by atoms with Crippen LogP contribution in [0.15, 0.2) is 12.4 Å². The van der Waals surface area contributed by atoms with E-state index < -0.39 is 0 Å². The van der Waals surface area contributed by atoms with Crippen LogP contribution in [0.4, 0.5) is 0 Å². The van der Waals surface area contributed by atoms with Gasteiger partial charge in [0.25, 0.3) is 0 Å². The van der Waals surface area contributed by atoms with E-state index in [0.29, 0.717) is 0 Å². The van der Waals surface area contributed by atoms with Gasteiger partial charge in [-0.05, 0) is 0 Å². The molecule has 0 N–H and O–H groups in total. The molecule has 0 aromatic heterocycles. The minimum absolute atomic E-state index is 0.919. The van der Waals surface area contributed by atoms with E-state index in [2.05, 4.69) is 19.0 Å². The molecular formula is C3H4AgN2. The Kier molecular flexibility index (Phi) is 0.434. The van der Waals surface area contributed by atoms with Crippen molar-refractivity contribution in [2.45, 2.75) is 0 Å². The minimum atomic E-state index is 0.919. The Labute approximate surface area is 46.4 Å². The summed E-state index contributed by atoms with van der Waals surface area (Å²) in [4.78, 5) is 0. The van der Waals surface area contributed by atoms with Gasteiger partial charge in [0.05, 0.1) is 0 Å². The summed E-state index contributed by atoms with van der Waals surface area (Å²) < 4.78 is 4.56. The summed E-state index contributed by atoms with van der Waals surface area (Å²) in [5.41, 5.74) is 0. The fourth-order valence-electron chi connectivity index (χ4n) is 0.477. The standard InChI is InChI=1S/C3H4N2.Ag/c1-2-5-3-4-1;/h1-2H,3H2;/q-2;+2. The van der Waals surface area contributed by atoms with Gasteiger partial charge in [-0.15, -0.1) is 0 Å². The van der Waals surface area contributed by atoms with Crippen molar-refractivity contribution in [3.8, 4) is 0 Å². The maximum atomic E-state index is 2.28. The molecule has 1 saturated heterocycles. The summed E-state index contributed by atoms with van der Waals surface area (Å²) in [7, 11) is 0. The average molecular weight is 176 g/mol. The Hall–Kier alpha value is 0.0803. The van der Waals surface area contributed by atoms with Crippen LogP contribution in [0.1, 0.15) is 0 Å². The molecule has 0 spiro atoms. The van der Waals surface area contributed by atoms with Crippen LogP contribution in [0.3, 0.4) is 0 Å². The second-order valence-corrected chi connectivity index (χ2v) is 3.21. The Morgan fingerprint density at radius 2 is 1.83 bits per heavy atom. The molecule has 3 rings (SSSR count).